The number of likely N-dealkylation sites (N-methyl/N-ethyl adjacent to an activating group) is 1. The molecule has 0 spiro atoms. The molecule has 0 aromatic rings. The van der Waals surface area contributed by atoms with Gasteiger partial charge in [-0.05, 0) is 89.9 Å². The summed E-state index contributed by atoms with van der Waals surface area (Å²) in [5.41, 5.74) is 0. The molecule has 3 unspecified atom stereocenters. The molecule has 0 aliphatic carbocycles. The van der Waals surface area contributed by atoms with Crippen molar-refractivity contribution in [2.75, 3.05) is 40.9 Å². The molecule has 63 heavy (non-hydrogen) atoms. The highest BCUT2D eigenvalue weighted by Gasteiger charge is 2.27. The molecule has 3 atom stereocenters. The molecule has 0 fully saturated rings. The predicted octanol–water partition coefficient (Wildman–Crippen LogP) is 14.7. The first-order chi connectivity index (χ1) is 30.5. The second-order valence-corrected chi connectivity index (χ2v) is 19.2. The van der Waals surface area contributed by atoms with Gasteiger partial charge in [0.15, 0.2) is 0 Å². The summed E-state index contributed by atoms with van der Waals surface area (Å²) in [6, 6.07) is -0.882. The van der Waals surface area contributed by atoms with Crippen LogP contribution in [0.1, 0.15) is 187 Å². The van der Waals surface area contributed by atoms with E-state index in [-0.39, 0.29) is 19.1 Å². The number of aliphatic hydroxyl groups is 1. The molecule has 1 amide bonds. The zero-order valence-electron chi connectivity index (χ0n) is 41.0. The summed E-state index contributed by atoms with van der Waals surface area (Å²) < 4.78 is 23.6. The summed E-state index contributed by atoms with van der Waals surface area (Å²) in [6.45, 7) is 4.64. The number of hydrogen-bond acceptors (Lipinski definition) is 5. The monoisotopic (exact) mass is 900 g/mol. The molecule has 0 bridgehead atoms. The minimum Gasteiger partial charge on any atom is -0.387 e. The van der Waals surface area contributed by atoms with Crippen molar-refractivity contribution in [1.29, 1.82) is 0 Å². The van der Waals surface area contributed by atoms with Crippen LogP contribution in [-0.2, 0) is 18.4 Å². The molecule has 3 N–H and O–H groups in total. The van der Waals surface area contributed by atoms with Crippen molar-refractivity contribution in [3.8, 4) is 0 Å². The van der Waals surface area contributed by atoms with Gasteiger partial charge in [0.2, 0.25) is 5.91 Å². The highest BCUT2D eigenvalue weighted by molar-refractivity contribution is 7.47. The Kier molecular flexibility index (Phi) is 42.8. The van der Waals surface area contributed by atoms with Gasteiger partial charge in [0, 0.05) is 6.42 Å². The van der Waals surface area contributed by atoms with Crippen molar-refractivity contribution in [3.63, 3.8) is 0 Å². The number of amides is 1. The zero-order chi connectivity index (χ0) is 46.4. The minimum absolute atomic E-state index is 0.0458. The number of allylic oxidation sites excluding steroid dienone is 15. The summed E-state index contributed by atoms with van der Waals surface area (Å²) in [6.07, 6.45) is 63.4. The van der Waals surface area contributed by atoms with Crippen molar-refractivity contribution >= 4 is 13.7 Å². The van der Waals surface area contributed by atoms with Crippen LogP contribution in [-0.4, -0.2) is 73.4 Å². The summed E-state index contributed by atoms with van der Waals surface area (Å²) >= 11 is 0. The second kappa shape index (κ2) is 44.6. The number of phosphoric ester groups is 1. The van der Waals surface area contributed by atoms with E-state index in [4.69, 9.17) is 9.05 Å². The summed E-state index contributed by atoms with van der Waals surface area (Å²) in [5, 5.41) is 13.8. The molecule has 0 rings (SSSR count). The Balaban J connectivity index is 4.44. The number of carbonyl (C=O) groups excluding carboxylic acids is 1. The van der Waals surface area contributed by atoms with Crippen LogP contribution in [0.5, 0.6) is 0 Å². The summed E-state index contributed by atoms with van der Waals surface area (Å²) in [7, 11) is 1.52. The highest BCUT2D eigenvalue weighted by atomic mass is 31.2. The van der Waals surface area contributed by atoms with Gasteiger partial charge in [-0.3, -0.25) is 13.8 Å². The molecule has 8 nitrogen and oxygen atoms in total. The largest absolute Gasteiger partial charge is 0.472 e. The zero-order valence-corrected chi connectivity index (χ0v) is 41.9. The van der Waals surface area contributed by atoms with E-state index in [2.05, 4.69) is 104 Å². The van der Waals surface area contributed by atoms with Crippen molar-refractivity contribution in [2.24, 2.45) is 0 Å². The SMILES string of the molecule is CC/C=C\C/C=C\C/C=C\C/C=C\C/C=C\CCCCCCCCCC(=O)NC(COP(=O)(O)OCC[N+](C)(C)C)C(O)/C=C/CC/C=C/CC/C=C/CCCCCCCCCC. The Morgan fingerprint density at radius 2 is 0.968 bits per heavy atom. The van der Waals surface area contributed by atoms with Gasteiger partial charge >= 0.3 is 7.82 Å². The molecule has 0 aliphatic heterocycles. The molecule has 0 aliphatic rings. The molecule has 0 saturated carbocycles. The van der Waals surface area contributed by atoms with Crippen molar-refractivity contribution in [1.82, 2.24) is 5.32 Å². The van der Waals surface area contributed by atoms with Gasteiger partial charge in [-0.1, -0.05) is 188 Å². The molecular weight excluding hydrogens is 804 g/mol. The maximum absolute atomic E-state index is 12.9. The lowest BCUT2D eigenvalue weighted by Gasteiger charge is -2.25. The fraction of sp³-hybridized carbons (Fsp3) is 0.685. The molecule has 362 valence electrons. The lowest BCUT2D eigenvalue weighted by Crippen LogP contribution is -2.45. The number of aliphatic hydroxyl groups excluding tert-OH is 1. The number of carbonyl (C=O) groups is 1. The predicted molar refractivity (Wildman–Crippen MR) is 272 cm³/mol. The smallest absolute Gasteiger partial charge is 0.387 e. The standard InChI is InChI=1S/C54H95N2O6P/c1-6-8-10-12-14-16-18-20-22-24-26-27-28-29-30-32-34-36-38-40-42-44-46-48-54(58)55-52(51-62-63(59,60)61-50-49-56(3,4)5)53(57)47-45-43-41-39-37-35-33-31-25-23-21-19-17-15-13-11-9-7-2/h8,10,14,16,20,22,25-27,29-31,37,39,45,47,52-53,57H,6-7,9,11-13,15,17-19,21,23-24,28,32-36,38,40-44,46,48-51H2,1-5H3,(H-,55,58,59,60)/p+1/b10-8-,16-14-,22-20-,27-26-,30-29-,31-25+,39-37+,47-45+. The van der Waals surface area contributed by atoms with E-state index < -0.39 is 20.0 Å². The fourth-order valence-corrected chi connectivity index (χ4v) is 7.30. The number of quaternary nitrogens is 1. The van der Waals surface area contributed by atoms with E-state index in [1.165, 1.54) is 77.0 Å². The second-order valence-electron chi connectivity index (χ2n) is 17.8. The van der Waals surface area contributed by atoms with E-state index in [0.29, 0.717) is 17.4 Å². The third-order valence-electron chi connectivity index (χ3n) is 10.5. The lowest BCUT2D eigenvalue weighted by atomic mass is 10.1. The van der Waals surface area contributed by atoms with Crippen LogP contribution >= 0.6 is 7.82 Å². The van der Waals surface area contributed by atoms with E-state index >= 15 is 0 Å². The van der Waals surface area contributed by atoms with Gasteiger partial charge in [0.05, 0.1) is 39.9 Å². The Morgan fingerprint density at radius 1 is 0.556 bits per heavy atom. The molecule has 0 aromatic heterocycles. The van der Waals surface area contributed by atoms with Crippen LogP contribution in [0.2, 0.25) is 0 Å². The highest BCUT2D eigenvalue weighted by Crippen LogP contribution is 2.43. The van der Waals surface area contributed by atoms with Gasteiger partial charge in [-0.2, -0.15) is 0 Å². The average Bonchev–Trinajstić information content (AvgIpc) is 3.24. The van der Waals surface area contributed by atoms with Gasteiger partial charge in [-0.25, -0.2) is 4.57 Å². The van der Waals surface area contributed by atoms with Gasteiger partial charge < -0.3 is 19.8 Å². The number of nitrogens with zero attached hydrogens (tertiary/aromatic N) is 1. The first-order valence-electron chi connectivity index (χ1n) is 25.1. The number of rotatable bonds is 44. The summed E-state index contributed by atoms with van der Waals surface area (Å²) in [4.78, 5) is 23.2. The minimum atomic E-state index is -4.36. The Labute approximate surface area is 388 Å². The maximum atomic E-state index is 12.9. The average molecular weight is 900 g/mol. The molecule has 0 saturated heterocycles. The first kappa shape index (κ1) is 60.4. The van der Waals surface area contributed by atoms with Crippen molar-refractivity contribution < 1.29 is 32.9 Å². The van der Waals surface area contributed by atoms with Crippen LogP contribution in [0.4, 0.5) is 0 Å². The van der Waals surface area contributed by atoms with Crippen LogP contribution in [0.15, 0.2) is 97.2 Å². The summed E-state index contributed by atoms with van der Waals surface area (Å²) in [5.74, 6) is -0.207. The maximum Gasteiger partial charge on any atom is 0.472 e. The molecule has 9 heteroatoms. The van der Waals surface area contributed by atoms with Gasteiger partial charge in [0.25, 0.3) is 0 Å². The molecular formula is C54H96N2O6P+. The number of hydrogen-bond donors (Lipinski definition) is 3. The number of phosphoric acid groups is 1. The van der Waals surface area contributed by atoms with E-state index in [1.54, 1.807) is 6.08 Å². The van der Waals surface area contributed by atoms with Crippen LogP contribution in [0, 0.1) is 0 Å². The third kappa shape index (κ3) is 47.2. The number of nitrogens with one attached hydrogen (secondary N) is 1. The lowest BCUT2D eigenvalue weighted by molar-refractivity contribution is -0.870. The van der Waals surface area contributed by atoms with E-state index in [9.17, 15) is 19.4 Å². The van der Waals surface area contributed by atoms with Crippen LogP contribution in [0.3, 0.4) is 0 Å². The van der Waals surface area contributed by atoms with E-state index in [1.807, 2.05) is 27.2 Å². The fourth-order valence-electron chi connectivity index (χ4n) is 6.57. The molecule has 0 radical (unpaired) electrons. The number of unbranched alkanes of at least 4 members (excludes halogenated alkanes) is 17. The Hall–Kier alpha value is -2.58. The normalized spacial score (nSPS) is 15.0. The van der Waals surface area contributed by atoms with E-state index in [0.717, 1.165) is 89.9 Å². The molecule has 0 heterocycles. The van der Waals surface area contributed by atoms with Gasteiger partial charge in [-0.15, -0.1) is 0 Å². The Morgan fingerprint density at radius 3 is 1.46 bits per heavy atom. The van der Waals surface area contributed by atoms with Crippen molar-refractivity contribution in [3.05, 3.63) is 97.2 Å². The van der Waals surface area contributed by atoms with Crippen LogP contribution in [0.25, 0.3) is 0 Å². The first-order valence-corrected chi connectivity index (χ1v) is 26.6. The topological polar surface area (TPSA) is 105 Å². The Bertz CT molecular complexity index is 1340. The van der Waals surface area contributed by atoms with Gasteiger partial charge in [0.1, 0.15) is 13.2 Å². The third-order valence-corrected chi connectivity index (χ3v) is 11.5. The van der Waals surface area contributed by atoms with Crippen molar-refractivity contribution in [2.45, 2.75) is 199 Å². The quantitative estimate of drug-likeness (QED) is 0.0243. The van der Waals surface area contributed by atoms with Crippen LogP contribution < -0.4 is 5.32 Å². The molecule has 0 aromatic carbocycles.